The first-order valence-electron chi connectivity index (χ1n) is 6.39. The van der Waals surface area contributed by atoms with Crippen molar-refractivity contribution in [3.63, 3.8) is 0 Å². The maximum absolute atomic E-state index is 11.8. The van der Waals surface area contributed by atoms with Gasteiger partial charge in [0.1, 0.15) is 11.5 Å². The van der Waals surface area contributed by atoms with Gasteiger partial charge >= 0.3 is 5.97 Å². The number of primary amides is 1. The standard InChI is InChI=1S/C16H15NO4/c1-11(15(17)18)20-16(19)12-7-9-14(10-8-12)21-13-5-3-2-4-6-13/h2-11H,1H3,(H2,17,18)/t11-/m0/s1. The quantitative estimate of drug-likeness (QED) is 0.856. The summed E-state index contributed by atoms with van der Waals surface area (Å²) in [4.78, 5) is 22.6. The van der Waals surface area contributed by atoms with Gasteiger partial charge in [-0.3, -0.25) is 4.79 Å². The molecule has 2 aromatic rings. The molecule has 21 heavy (non-hydrogen) atoms. The minimum absolute atomic E-state index is 0.323. The van der Waals surface area contributed by atoms with Crippen molar-refractivity contribution in [1.29, 1.82) is 0 Å². The lowest BCUT2D eigenvalue weighted by molar-refractivity contribution is -0.125. The van der Waals surface area contributed by atoms with E-state index in [1.165, 1.54) is 6.92 Å². The third kappa shape index (κ3) is 4.07. The van der Waals surface area contributed by atoms with Crippen LogP contribution in [0.2, 0.25) is 0 Å². The van der Waals surface area contributed by atoms with Crippen LogP contribution in [0, 0.1) is 0 Å². The van der Waals surface area contributed by atoms with E-state index in [2.05, 4.69) is 0 Å². The van der Waals surface area contributed by atoms with Crippen molar-refractivity contribution < 1.29 is 19.1 Å². The fourth-order valence-corrected chi connectivity index (χ4v) is 1.57. The summed E-state index contributed by atoms with van der Waals surface area (Å²) in [6, 6.07) is 15.7. The Morgan fingerprint density at radius 1 is 0.952 bits per heavy atom. The minimum Gasteiger partial charge on any atom is -0.457 e. The van der Waals surface area contributed by atoms with Gasteiger partial charge in [-0.2, -0.15) is 0 Å². The van der Waals surface area contributed by atoms with Gasteiger partial charge in [-0.25, -0.2) is 4.79 Å². The van der Waals surface area contributed by atoms with Crippen LogP contribution in [0.1, 0.15) is 17.3 Å². The van der Waals surface area contributed by atoms with Crippen molar-refractivity contribution in [3.8, 4) is 11.5 Å². The van der Waals surface area contributed by atoms with E-state index in [0.717, 1.165) is 0 Å². The molecule has 0 aliphatic heterocycles. The Balaban J connectivity index is 2.02. The zero-order valence-electron chi connectivity index (χ0n) is 11.5. The maximum atomic E-state index is 11.8. The molecule has 0 spiro atoms. The molecule has 5 heteroatoms. The molecule has 0 radical (unpaired) electrons. The van der Waals surface area contributed by atoms with Crippen LogP contribution in [0.25, 0.3) is 0 Å². The number of rotatable bonds is 5. The third-order valence-corrected chi connectivity index (χ3v) is 2.75. The summed E-state index contributed by atoms with van der Waals surface area (Å²) in [6.07, 6.45) is -0.960. The summed E-state index contributed by atoms with van der Waals surface area (Å²) in [7, 11) is 0. The second kappa shape index (κ2) is 6.56. The molecule has 2 N–H and O–H groups in total. The molecule has 1 atom stereocenters. The topological polar surface area (TPSA) is 78.6 Å². The predicted molar refractivity (Wildman–Crippen MR) is 77.0 cm³/mol. The highest BCUT2D eigenvalue weighted by molar-refractivity contribution is 5.92. The Labute approximate surface area is 122 Å². The smallest absolute Gasteiger partial charge is 0.338 e. The largest absolute Gasteiger partial charge is 0.457 e. The number of nitrogens with two attached hydrogens (primary N) is 1. The summed E-state index contributed by atoms with van der Waals surface area (Å²) in [5.74, 6) is 0.0100. The number of carbonyl (C=O) groups is 2. The molecule has 0 unspecified atom stereocenters. The van der Waals surface area contributed by atoms with Crippen LogP contribution in [-0.2, 0) is 9.53 Å². The molecule has 0 heterocycles. The number of amides is 1. The molecule has 0 fully saturated rings. The van der Waals surface area contributed by atoms with Crippen LogP contribution in [-0.4, -0.2) is 18.0 Å². The highest BCUT2D eigenvalue weighted by Gasteiger charge is 2.16. The zero-order valence-corrected chi connectivity index (χ0v) is 11.5. The SMILES string of the molecule is C[C@H](OC(=O)c1ccc(Oc2ccccc2)cc1)C(N)=O. The van der Waals surface area contributed by atoms with Crippen molar-refractivity contribution in [2.75, 3.05) is 0 Å². The Morgan fingerprint density at radius 2 is 1.52 bits per heavy atom. The minimum atomic E-state index is -0.960. The lowest BCUT2D eigenvalue weighted by Crippen LogP contribution is -2.30. The Morgan fingerprint density at radius 3 is 2.10 bits per heavy atom. The fourth-order valence-electron chi connectivity index (χ4n) is 1.57. The molecule has 108 valence electrons. The van der Waals surface area contributed by atoms with E-state index in [0.29, 0.717) is 17.1 Å². The second-order valence-corrected chi connectivity index (χ2v) is 4.39. The van der Waals surface area contributed by atoms with Crippen LogP contribution in [0.5, 0.6) is 11.5 Å². The van der Waals surface area contributed by atoms with Crippen molar-refractivity contribution in [3.05, 3.63) is 60.2 Å². The van der Waals surface area contributed by atoms with Gasteiger partial charge in [-0.1, -0.05) is 18.2 Å². The molecule has 0 bridgehead atoms. The van der Waals surface area contributed by atoms with Crippen LogP contribution < -0.4 is 10.5 Å². The average Bonchev–Trinajstić information content (AvgIpc) is 2.48. The predicted octanol–water partition coefficient (Wildman–Crippen LogP) is 2.51. The van der Waals surface area contributed by atoms with Crippen molar-refractivity contribution in [2.45, 2.75) is 13.0 Å². The number of benzene rings is 2. The van der Waals surface area contributed by atoms with Gasteiger partial charge in [0.25, 0.3) is 5.91 Å². The molecular formula is C16H15NO4. The molecule has 1 amide bonds. The first kappa shape index (κ1) is 14.6. The highest BCUT2D eigenvalue weighted by Crippen LogP contribution is 2.21. The molecule has 5 nitrogen and oxygen atoms in total. The summed E-state index contributed by atoms with van der Waals surface area (Å²) in [5, 5.41) is 0. The molecule has 0 saturated heterocycles. The zero-order chi connectivity index (χ0) is 15.2. The molecular weight excluding hydrogens is 270 g/mol. The van der Waals surface area contributed by atoms with E-state index >= 15 is 0 Å². The Kier molecular flexibility index (Phi) is 4.56. The van der Waals surface area contributed by atoms with Crippen molar-refractivity contribution >= 4 is 11.9 Å². The van der Waals surface area contributed by atoms with E-state index in [4.69, 9.17) is 15.2 Å². The number of para-hydroxylation sites is 1. The monoisotopic (exact) mass is 285 g/mol. The Bertz CT molecular complexity index is 622. The van der Waals surface area contributed by atoms with Gasteiger partial charge < -0.3 is 15.2 Å². The number of carbonyl (C=O) groups excluding carboxylic acids is 2. The number of hydrogen-bond donors (Lipinski definition) is 1. The third-order valence-electron chi connectivity index (χ3n) is 2.75. The van der Waals surface area contributed by atoms with E-state index in [1.54, 1.807) is 24.3 Å². The fraction of sp³-hybridized carbons (Fsp3) is 0.125. The van der Waals surface area contributed by atoms with Gasteiger partial charge in [-0.15, -0.1) is 0 Å². The molecule has 0 aromatic heterocycles. The van der Waals surface area contributed by atoms with E-state index in [9.17, 15) is 9.59 Å². The summed E-state index contributed by atoms with van der Waals surface area (Å²) >= 11 is 0. The molecule has 0 aliphatic carbocycles. The maximum Gasteiger partial charge on any atom is 0.338 e. The van der Waals surface area contributed by atoms with Crippen molar-refractivity contribution in [1.82, 2.24) is 0 Å². The highest BCUT2D eigenvalue weighted by atomic mass is 16.5. The molecule has 0 saturated carbocycles. The van der Waals surface area contributed by atoms with Crippen LogP contribution in [0.3, 0.4) is 0 Å². The van der Waals surface area contributed by atoms with E-state index in [-0.39, 0.29) is 0 Å². The second-order valence-electron chi connectivity index (χ2n) is 4.39. The summed E-state index contributed by atoms with van der Waals surface area (Å²) in [6.45, 7) is 1.42. The summed E-state index contributed by atoms with van der Waals surface area (Å²) in [5.41, 5.74) is 5.36. The molecule has 2 rings (SSSR count). The van der Waals surface area contributed by atoms with Crippen LogP contribution in [0.15, 0.2) is 54.6 Å². The van der Waals surface area contributed by atoms with Crippen molar-refractivity contribution in [2.24, 2.45) is 5.73 Å². The van der Waals surface area contributed by atoms with Gasteiger partial charge in [0.05, 0.1) is 5.56 Å². The number of hydrogen-bond acceptors (Lipinski definition) is 4. The summed E-state index contributed by atoms with van der Waals surface area (Å²) < 4.78 is 10.5. The first-order valence-corrected chi connectivity index (χ1v) is 6.39. The van der Waals surface area contributed by atoms with Gasteiger partial charge in [0.15, 0.2) is 6.10 Å². The van der Waals surface area contributed by atoms with E-state index in [1.807, 2.05) is 30.3 Å². The van der Waals surface area contributed by atoms with Gasteiger partial charge in [0.2, 0.25) is 0 Å². The van der Waals surface area contributed by atoms with E-state index < -0.39 is 18.0 Å². The Hall–Kier alpha value is -2.82. The van der Waals surface area contributed by atoms with Crippen LogP contribution in [0.4, 0.5) is 0 Å². The van der Waals surface area contributed by atoms with Crippen LogP contribution >= 0.6 is 0 Å². The normalized spacial score (nSPS) is 11.5. The van der Waals surface area contributed by atoms with Gasteiger partial charge in [0, 0.05) is 0 Å². The lowest BCUT2D eigenvalue weighted by Gasteiger charge is -2.10. The number of ether oxygens (including phenoxy) is 2. The number of esters is 1. The lowest BCUT2D eigenvalue weighted by atomic mass is 10.2. The van der Waals surface area contributed by atoms with Gasteiger partial charge in [-0.05, 0) is 43.3 Å². The molecule has 2 aromatic carbocycles. The molecule has 0 aliphatic rings. The first-order chi connectivity index (χ1) is 10.1. The average molecular weight is 285 g/mol.